The molecule has 0 aliphatic carbocycles. The topological polar surface area (TPSA) is 95.8 Å². The number of carbonyl (C=O) groups is 1. The van der Waals surface area contributed by atoms with Crippen molar-refractivity contribution >= 4 is 22.6 Å². The summed E-state index contributed by atoms with van der Waals surface area (Å²) in [6, 6.07) is 10.6. The number of aromatic amines is 1. The molecule has 2 aromatic heterocycles. The predicted molar refractivity (Wildman–Crippen MR) is 94.0 cm³/mol. The van der Waals surface area contributed by atoms with Crippen LogP contribution in [0.5, 0.6) is 5.75 Å². The average molecular weight is 351 g/mol. The van der Waals surface area contributed by atoms with Gasteiger partial charge in [0.1, 0.15) is 11.6 Å². The van der Waals surface area contributed by atoms with Crippen LogP contribution in [-0.2, 0) is 0 Å². The molecular weight excluding hydrogens is 337 g/mol. The lowest BCUT2D eigenvalue weighted by molar-refractivity contribution is 0.102. The molecule has 7 nitrogen and oxygen atoms in total. The fourth-order valence-corrected chi connectivity index (χ4v) is 2.75. The van der Waals surface area contributed by atoms with Crippen LogP contribution in [0.3, 0.4) is 0 Å². The van der Waals surface area contributed by atoms with Crippen LogP contribution >= 0.6 is 0 Å². The standard InChI is InChI=1S/C18H14FN5O2/c1-10-15(9-20-24(10)12-4-2-11(19)3-5-12)18(26)21-17-14-7-6-13(25)8-16(14)22-23-17/h2-9,25H,1H3,(H2,21,22,23,26). The molecule has 130 valence electrons. The minimum absolute atomic E-state index is 0.107. The van der Waals surface area contributed by atoms with Gasteiger partial charge in [-0.1, -0.05) is 0 Å². The van der Waals surface area contributed by atoms with Crippen LogP contribution in [-0.4, -0.2) is 31.0 Å². The molecule has 0 fully saturated rings. The Hall–Kier alpha value is -3.68. The first kappa shape index (κ1) is 15.8. The number of nitrogens with zero attached hydrogens (tertiary/aromatic N) is 3. The second-order valence-electron chi connectivity index (χ2n) is 5.79. The molecule has 0 aliphatic rings. The summed E-state index contributed by atoms with van der Waals surface area (Å²) >= 11 is 0. The number of aromatic nitrogens is 4. The number of phenols is 1. The first-order valence-electron chi connectivity index (χ1n) is 7.82. The number of amides is 1. The summed E-state index contributed by atoms with van der Waals surface area (Å²) in [5.41, 5.74) is 2.26. The number of benzene rings is 2. The number of fused-ring (bicyclic) bond motifs is 1. The van der Waals surface area contributed by atoms with Crippen molar-refractivity contribution < 1.29 is 14.3 Å². The highest BCUT2D eigenvalue weighted by Crippen LogP contribution is 2.25. The van der Waals surface area contributed by atoms with Crippen molar-refractivity contribution in [2.45, 2.75) is 6.92 Å². The molecular formula is C18H14FN5O2. The molecule has 0 unspecified atom stereocenters. The van der Waals surface area contributed by atoms with Gasteiger partial charge < -0.3 is 10.4 Å². The summed E-state index contributed by atoms with van der Waals surface area (Å²) in [4.78, 5) is 12.6. The van der Waals surface area contributed by atoms with E-state index in [1.807, 2.05) is 0 Å². The third-order valence-corrected chi connectivity index (χ3v) is 4.10. The van der Waals surface area contributed by atoms with E-state index in [0.29, 0.717) is 33.7 Å². The van der Waals surface area contributed by atoms with Gasteiger partial charge >= 0.3 is 0 Å². The number of carbonyl (C=O) groups excluding carboxylic acids is 1. The predicted octanol–water partition coefficient (Wildman–Crippen LogP) is 3.15. The number of hydrogen-bond donors (Lipinski definition) is 3. The fraction of sp³-hybridized carbons (Fsp3) is 0.0556. The van der Waals surface area contributed by atoms with Crippen molar-refractivity contribution in [2.75, 3.05) is 5.32 Å². The Balaban J connectivity index is 1.63. The summed E-state index contributed by atoms with van der Waals surface area (Å²) < 4.78 is 14.6. The quantitative estimate of drug-likeness (QED) is 0.528. The number of hydrogen-bond acceptors (Lipinski definition) is 4. The van der Waals surface area contributed by atoms with Crippen LogP contribution in [0.15, 0.2) is 48.7 Å². The Labute approximate surface area is 147 Å². The van der Waals surface area contributed by atoms with Gasteiger partial charge in [0.25, 0.3) is 5.91 Å². The van der Waals surface area contributed by atoms with Crippen molar-refractivity contribution in [3.63, 3.8) is 0 Å². The summed E-state index contributed by atoms with van der Waals surface area (Å²) in [6.07, 6.45) is 1.45. The molecule has 0 atom stereocenters. The molecule has 0 saturated carbocycles. The first-order chi connectivity index (χ1) is 12.5. The summed E-state index contributed by atoms with van der Waals surface area (Å²) in [6.45, 7) is 1.76. The van der Waals surface area contributed by atoms with E-state index in [4.69, 9.17) is 0 Å². The number of halogens is 1. The summed E-state index contributed by atoms with van der Waals surface area (Å²) in [5, 5.41) is 24.0. The van der Waals surface area contributed by atoms with Crippen molar-refractivity contribution in [2.24, 2.45) is 0 Å². The molecule has 8 heteroatoms. The Morgan fingerprint density at radius 3 is 2.77 bits per heavy atom. The van der Waals surface area contributed by atoms with Crippen LogP contribution in [0.1, 0.15) is 16.1 Å². The highest BCUT2D eigenvalue weighted by molar-refractivity contribution is 6.08. The number of nitrogens with one attached hydrogen (secondary N) is 2. The normalized spacial score (nSPS) is 11.0. The van der Waals surface area contributed by atoms with E-state index in [-0.39, 0.29) is 17.5 Å². The van der Waals surface area contributed by atoms with Crippen molar-refractivity contribution in [3.05, 3.63) is 65.7 Å². The van der Waals surface area contributed by atoms with Gasteiger partial charge in [-0.25, -0.2) is 9.07 Å². The second-order valence-corrected chi connectivity index (χ2v) is 5.79. The van der Waals surface area contributed by atoms with E-state index in [1.165, 1.54) is 30.5 Å². The molecule has 0 bridgehead atoms. The molecule has 2 aromatic carbocycles. The van der Waals surface area contributed by atoms with Crippen LogP contribution in [0, 0.1) is 12.7 Å². The third-order valence-electron chi connectivity index (χ3n) is 4.10. The smallest absolute Gasteiger partial charge is 0.260 e. The van der Waals surface area contributed by atoms with Gasteiger partial charge in [0.2, 0.25) is 0 Å². The molecule has 0 saturated heterocycles. The van der Waals surface area contributed by atoms with Crippen molar-refractivity contribution in [3.8, 4) is 11.4 Å². The number of H-pyrrole nitrogens is 1. The second kappa shape index (κ2) is 5.99. The first-order valence-corrected chi connectivity index (χ1v) is 7.82. The molecule has 3 N–H and O–H groups in total. The van der Waals surface area contributed by atoms with Gasteiger partial charge in [-0.05, 0) is 43.3 Å². The van der Waals surface area contributed by atoms with Gasteiger partial charge in [0.05, 0.1) is 28.7 Å². The van der Waals surface area contributed by atoms with Crippen molar-refractivity contribution in [1.29, 1.82) is 0 Å². The molecule has 2 heterocycles. The molecule has 1 amide bonds. The lowest BCUT2D eigenvalue weighted by Crippen LogP contribution is -2.13. The van der Waals surface area contributed by atoms with Crippen LogP contribution < -0.4 is 5.32 Å². The van der Waals surface area contributed by atoms with E-state index in [1.54, 1.807) is 29.8 Å². The van der Waals surface area contributed by atoms with Gasteiger partial charge in [0.15, 0.2) is 5.82 Å². The van der Waals surface area contributed by atoms with Crippen LogP contribution in [0.25, 0.3) is 16.6 Å². The lowest BCUT2D eigenvalue weighted by atomic mass is 10.2. The largest absolute Gasteiger partial charge is 0.508 e. The monoisotopic (exact) mass is 351 g/mol. The maximum atomic E-state index is 13.1. The van der Waals surface area contributed by atoms with E-state index in [0.717, 1.165) is 0 Å². The van der Waals surface area contributed by atoms with E-state index < -0.39 is 0 Å². The molecule has 0 aliphatic heterocycles. The summed E-state index contributed by atoms with van der Waals surface area (Å²) in [5.74, 6) is -0.236. The Morgan fingerprint density at radius 1 is 1.23 bits per heavy atom. The molecule has 4 rings (SSSR count). The third kappa shape index (κ3) is 2.67. The maximum Gasteiger partial charge on any atom is 0.260 e. The highest BCUT2D eigenvalue weighted by Gasteiger charge is 2.17. The fourth-order valence-electron chi connectivity index (χ4n) is 2.75. The van der Waals surface area contributed by atoms with E-state index in [9.17, 15) is 14.3 Å². The van der Waals surface area contributed by atoms with E-state index in [2.05, 4.69) is 20.6 Å². The zero-order valence-corrected chi connectivity index (χ0v) is 13.7. The van der Waals surface area contributed by atoms with Crippen LogP contribution in [0.2, 0.25) is 0 Å². The van der Waals surface area contributed by atoms with Gasteiger partial charge in [0, 0.05) is 11.5 Å². The Kier molecular flexibility index (Phi) is 3.65. The number of anilines is 1. The zero-order chi connectivity index (χ0) is 18.3. The zero-order valence-electron chi connectivity index (χ0n) is 13.7. The average Bonchev–Trinajstić information content (AvgIpc) is 3.19. The van der Waals surface area contributed by atoms with Crippen LogP contribution in [0.4, 0.5) is 10.2 Å². The molecule has 0 radical (unpaired) electrons. The molecule has 26 heavy (non-hydrogen) atoms. The minimum Gasteiger partial charge on any atom is -0.508 e. The number of phenolic OH excluding ortho intramolecular Hbond substituents is 1. The van der Waals surface area contributed by atoms with Crippen molar-refractivity contribution in [1.82, 2.24) is 20.0 Å². The SMILES string of the molecule is Cc1c(C(=O)Nc2n[nH]c3cc(O)ccc23)cnn1-c1ccc(F)cc1. The van der Waals surface area contributed by atoms with E-state index >= 15 is 0 Å². The summed E-state index contributed by atoms with van der Waals surface area (Å²) in [7, 11) is 0. The molecule has 0 spiro atoms. The lowest BCUT2D eigenvalue weighted by Gasteiger charge is -2.06. The minimum atomic E-state index is -0.364. The number of aromatic hydroxyl groups is 1. The van der Waals surface area contributed by atoms with Gasteiger partial charge in [-0.15, -0.1) is 0 Å². The maximum absolute atomic E-state index is 13.1. The highest BCUT2D eigenvalue weighted by atomic mass is 19.1. The Morgan fingerprint density at radius 2 is 2.00 bits per heavy atom. The van der Waals surface area contributed by atoms with Gasteiger partial charge in [-0.3, -0.25) is 9.89 Å². The number of rotatable bonds is 3. The Bertz CT molecular complexity index is 1110. The molecule has 4 aromatic rings. The van der Waals surface area contributed by atoms with Gasteiger partial charge in [-0.2, -0.15) is 10.2 Å².